The van der Waals surface area contributed by atoms with E-state index in [9.17, 15) is 4.79 Å². The van der Waals surface area contributed by atoms with E-state index in [-0.39, 0.29) is 6.04 Å². The quantitative estimate of drug-likeness (QED) is 0.613. The van der Waals surface area contributed by atoms with E-state index < -0.39 is 6.09 Å². The van der Waals surface area contributed by atoms with Crippen LogP contribution in [0.4, 0.5) is 4.79 Å². The Hall–Kier alpha value is -0.770. The molecule has 0 spiro atoms. The molecule has 0 radical (unpaired) electrons. The second-order valence-electron chi connectivity index (χ2n) is 3.33. The van der Waals surface area contributed by atoms with Gasteiger partial charge in [-0.25, -0.2) is 4.79 Å². The number of rotatable bonds is 1. The average molecular weight is 172 g/mol. The molecular weight excluding hydrogens is 156 g/mol. The van der Waals surface area contributed by atoms with Crippen LogP contribution in [0.25, 0.3) is 0 Å². The summed E-state index contributed by atoms with van der Waals surface area (Å²) in [4.78, 5) is 12.2. The van der Waals surface area contributed by atoms with Crippen molar-refractivity contribution >= 4 is 6.09 Å². The summed E-state index contributed by atoms with van der Waals surface area (Å²) in [5, 5.41) is 11.9. The van der Waals surface area contributed by atoms with Crippen molar-refractivity contribution in [2.45, 2.75) is 31.8 Å². The van der Waals surface area contributed by atoms with E-state index in [0.717, 1.165) is 12.8 Å². The third-order valence-electron chi connectivity index (χ3n) is 2.53. The number of likely N-dealkylation sites (tertiary alicyclic amines) is 1. The zero-order valence-electron chi connectivity index (χ0n) is 7.58. The summed E-state index contributed by atoms with van der Waals surface area (Å²) in [7, 11) is 1.92. The van der Waals surface area contributed by atoms with Gasteiger partial charge in [0.25, 0.3) is 0 Å². The molecule has 0 aromatic rings. The summed E-state index contributed by atoms with van der Waals surface area (Å²) >= 11 is 0. The molecule has 1 aliphatic rings. The molecule has 12 heavy (non-hydrogen) atoms. The van der Waals surface area contributed by atoms with Crippen LogP contribution in [-0.4, -0.2) is 41.8 Å². The Kier molecular flexibility index (Phi) is 2.92. The molecule has 1 unspecified atom stereocenters. The number of amides is 1. The SMILES string of the molecule is CNC1CCN(C(=O)O)[C@@H](C)C1. The van der Waals surface area contributed by atoms with Crippen molar-refractivity contribution in [3.8, 4) is 0 Å². The highest BCUT2D eigenvalue weighted by atomic mass is 16.4. The smallest absolute Gasteiger partial charge is 0.407 e. The molecule has 4 nitrogen and oxygen atoms in total. The first-order valence-corrected chi connectivity index (χ1v) is 4.32. The highest BCUT2D eigenvalue weighted by Gasteiger charge is 2.27. The van der Waals surface area contributed by atoms with Crippen LogP contribution in [0.15, 0.2) is 0 Å². The summed E-state index contributed by atoms with van der Waals surface area (Å²) in [6, 6.07) is 0.629. The van der Waals surface area contributed by atoms with Gasteiger partial charge < -0.3 is 15.3 Å². The van der Waals surface area contributed by atoms with Gasteiger partial charge in [-0.2, -0.15) is 0 Å². The Bertz CT molecular complexity index is 172. The summed E-state index contributed by atoms with van der Waals surface area (Å²) in [6.45, 7) is 2.61. The Morgan fingerprint density at radius 3 is 2.75 bits per heavy atom. The predicted octanol–water partition coefficient (Wildman–Crippen LogP) is 0.737. The van der Waals surface area contributed by atoms with Gasteiger partial charge in [-0.15, -0.1) is 0 Å². The van der Waals surface area contributed by atoms with Gasteiger partial charge in [0.2, 0.25) is 0 Å². The molecular formula is C8H16N2O2. The van der Waals surface area contributed by atoms with Crippen LogP contribution in [0.5, 0.6) is 0 Å². The van der Waals surface area contributed by atoms with E-state index in [2.05, 4.69) is 5.32 Å². The summed E-state index contributed by atoms with van der Waals surface area (Å²) in [5.74, 6) is 0. The van der Waals surface area contributed by atoms with Gasteiger partial charge in [0.1, 0.15) is 0 Å². The molecule has 1 heterocycles. The summed E-state index contributed by atoms with van der Waals surface area (Å²) in [5.41, 5.74) is 0. The Morgan fingerprint density at radius 1 is 1.67 bits per heavy atom. The minimum Gasteiger partial charge on any atom is -0.465 e. The lowest BCUT2D eigenvalue weighted by Gasteiger charge is -2.35. The fraction of sp³-hybridized carbons (Fsp3) is 0.875. The van der Waals surface area contributed by atoms with E-state index in [1.807, 2.05) is 14.0 Å². The first kappa shape index (κ1) is 9.32. The number of carboxylic acid groups (broad SMARTS) is 1. The number of hydrogen-bond acceptors (Lipinski definition) is 2. The molecule has 1 fully saturated rings. The van der Waals surface area contributed by atoms with Crippen LogP contribution < -0.4 is 5.32 Å². The third-order valence-corrected chi connectivity index (χ3v) is 2.53. The third kappa shape index (κ3) is 1.88. The molecule has 1 saturated heterocycles. The highest BCUT2D eigenvalue weighted by Crippen LogP contribution is 2.16. The molecule has 4 heteroatoms. The van der Waals surface area contributed by atoms with Gasteiger partial charge in [0.05, 0.1) is 0 Å². The summed E-state index contributed by atoms with van der Waals surface area (Å²) in [6.07, 6.45) is 1.05. The molecule has 0 aliphatic carbocycles. The van der Waals surface area contributed by atoms with E-state index in [0.29, 0.717) is 12.6 Å². The topological polar surface area (TPSA) is 52.6 Å². The molecule has 1 aliphatic heterocycles. The molecule has 0 bridgehead atoms. The number of nitrogens with one attached hydrogen (secondary N) is 1. The lowest BCUT2D eigenvalue weighted by Crippen LogP contribution is -2.48. The zero-order chi connectivity index (χ0) is 9.14. The maximum absolute atomic E-state index is 10.7. The molecule has 2 atom stereocenters. The maximum Gasteiger partial charge on any atom is 0.407 e. The molecule has 2 N–H and O–H groups in total. The van der Waals surface area contributed by atoms with Crippen LogP contribution >= 0.6 is 0 Å². The molecule has 0 aromatic heterocycles. The standard InChI is InChI=1S/C8H16N2O2/c1-6-5-7(9-2)3-4-10(6)8(11)12/h6-7,9H,3-5H2,1-2H3,(H,11,12)/t6-,7?/m0/s1. The fourth-order valence-corrected chi connectivity index (χ4v) is 1.72. The molecule has 0 aromatic carbocycles. The van der Waals surface area contributed by atoms with Crippen molar-refractivity contribution in [2.75, 3.05) is 13.6 Å². The van der Waals surface area contributed by atoms with Crippen molar-refractivity contribution in [2.24, 2.45) is 0 Å². The highest BCUT2D eigenvalue weighted by molar-refractivity contribution is 5.65. The minimum absolute atomic E-state index is 0.147. The van der Waals surface area contributed by atoms with Crippen molar-refractivity contribution in [1.29, 1.82) is 0 Å². The fourth-order valence-electron chi connectivity index (χ4n) is 1.72. The van der Waals surface area contributed by atoms with Gasteiger partial charge in [0.15, 0.2) is 0 Å². The Balaban J connectivity index is 2.47. The lowest BCUT2D eigenvalue weighted by molar-refractivity contribution is 0.104. The van der Waals surface area contributed by atoms with Crippen molar-refractivity contribution < 1.29 is 9.90 Å². The molecule has 1 rings (SSSR count). The van der Waals surface area contributed by atoms with Gasteiger partial charge >= 0.3 is 6.09 Å². The molecule has 70 valence electrons. The van der Waals surface area contributed by atoms with Crippen molar-refractivity contribution in [3.63, 3.8) is 0 Å². The van der Waals surface area contributed by atoms with Gasteiger partial charge in [-0.1, -0.05) is 0 Å². The average Bonchev–Trinajstić information content (AvgIpc) is 2.03. The first-order valence-electron chi connectivity index (χ1n) is 4.32. The van der Waals surface area contributed by atoms with E-state index in [1.54, 1.807) is 0 Å². The first-order chi connectivity index (χ1) is 5.65. The lowest BCUT2D eigenvalue weighted by atomic mass is 9.99. The largest absolute Gasteiger partial charge is 0.465 e. The number of nitrogens with zero attached hydrogens (tertiary/aromatic N) is 1. The second kappa shape index (κ2) is 3.76. The second-order valence-corrected chi connectivity index (χ2v) is 3.33. The van der Waals surface area contributed by atoms with Gasteiger partial charge in [-0.3, -0.25) is 0 Å². The number of piperidine rings is 1. The van der Waals surface area contributed by atoms with Gasteiger partial charge in [-0.05, 0) is 26.8 Å². The van der Waals surface area contributed by atoms with Crippen molar-refractivity contribution in [3.05, 3.63) is 0 Å². The van der Waals surface area contributed by atoms with Gasteiger partial charge in [0, 0.05) is 18.6 Å². The Labute approximate surface area is 72.6 Å². The number of hydrogen-bond donors (Lipinski definition) is 2. The predicted molar refractivity (Wildman–Crippen MR) is 46.3 cm³/mol. The van der Waals surface area contributed by atoms with Crippen LogP contribution in [0.1, 0.15) is 19.8 Å². The van der Waals surface area contributed by atoms with E-state index in [1.165, 1.54) is 4.90 Å². The maximum atomic E-state index is 10.7. The van der Waals surface area contributed by atoms with Crippen LogP contribution in [0, 0.1) is 0 Å². The normalized spacial score (nSPS) is 30.3. The zero-order valence-corrected chi connectivity index (χ0v) is 7.58. The molecule has 0 saturated carbocycles. The van der Waals surface area contributed by atoms with E-state index >= 15 is 0 Å². The Morgan fingerprint density at radius 2 is 2.33 bits per heavy atom. The number of carbonyl (C=O) groups is 1. The van der Waals surface area contributed by atoms with Crippen LogP contribution in [0.3, 0.4) is 0 Å². The molecule has 1 amide bonds. The summed E-state index contributed by atoms with van der Waals surface area (Å²) < 4.78 is 0. The van der Waals surface area contributed by atoms with E-state index in [4.69, 9.17) is 5.11 Å². The van der Waals surface area contributed by atoms with Crippen LogP contribution in [0.2, 0.25) is 0 Å². The van der Waals surface area contributed by atoms with Crippen molar-refractivity contribution in [1.82, 2.24) is 10.2 Å². The minimum atomic E-state index is -0.794. The monoisotopic (exact) mass is 172 g/mol. The van der Waals surface area contributed by atoms with Crippen LogP contribution in [-0.2, 0) is 0 Å².